The topological polar surface area (TPSA) is 77.2 Å². The minimum Gasteiger partial charge on any atom is -0.445 e. The minimum atomic E-state index is -0.509. The lowest BCUT2D eigenvalue weighted by molar-refractivity contribution is 0.133. The summed E-state index contributed by atoms with van der Waals surface area (Å²) in [5.74, 6) is 1.72. The first kappa shape index (κ1) is 19.9. The maximum atomic E-state index is 12.2. The summed E-state index contributed by atoms with van der Waals surface area (Å²) in [5, 5.41) is 6.90. The molecule has 1 amide bonds. The minimum absolute atomic E-state index is 0.209. The van der Waals surface area contributed by atoms with Gasteiger partial charge in [-0.15, -0.1) is 0 Å². The molecule has 3 aromatic rings. The number of nitrogens with zero attached hydrogens (tertiary/aromatic N) is 2. The zero-order valence-corrected chi connectivity index (χ0v) is 16.7. The van der Waals surface area contributed by atoms with Gasteiger partial charge in [-0.3, -0.25) is 0 Å². The van der Waals surface area contributed by atoms with Crippen LogP contribution in [0, 0.1) is 6.92 Å². The van der Waals surface area contributed by atoms with E-state index < -0.39 is 12.1 Å². The standard InChI is InChI=1S/C21H23N3O3S/c1-15-8-10-17(11-9-15)19-23-20(27-24-19)18(12-13-28-2)22-21(25)26-14-16-6-4-3-5-7-16/h3-11,18H,12-14H2,1-2H3,(H,22,25)/t18-/m0/s1. The molecule has 146 valence electrons. The highest BCUT2D eigenvalue weighted by atomic mass is 32.2. The fourth-order valence-electron chi connectivity index (χ4n) is 2.60. The molecule has 0 fully saturated rings. The van der Waals surface area contributed by atoms with E-state index in [4.69, 9.17) is 9.26 Å². The van der Waals surface area contributed by atoms with E-state index in [1.165, 1.54) is 0 Å². The first-order valence-electron chi connectivity index (χ1n) is 9.02. The van der Waals surface area contributed by atoms with E-state index in [1.807, 2.05) is 67.8 Å². The number of alkyl carbamates (subject to hydrolysis) is 1. The Morgan fingerprint density at radius 1 is 1.18 bits per heavy atom. The molecule has 3 rings (SSSR count). The van der Waals surface area contributed by atoms with Gasteiger partial charge in [-0.2, -0.15) is 16.7 Å². The zero-order valence-electron chi connectivity index (χ0n) is 15.9. The van der Waals surface area contributed by atoms with Crippen LogP contribution in [0.4, 0.5) is 4.79 Å². The van der Waals surface area contributed by atoms with Crippen LogP contribution in [0.5, 0.6) is 0 Å². The molecular weight excluding hydrogens is 374 g/mol. The SMILES string of the molecule is CSCC[C@H](NC(=O)OCc1ccccc1)c1nc(-c2ccc(C)cc2)no1. The van der Waals surface area contributed by atoms with Gasteiger partial charge in [0.15, 0.2) is 0 Å². The number of thioether (sulfide) groups is 1. The van der Waals surface area contributed by atoms with Crippen molar-refractivity contribution in [2.24, 2.45) is 0 Å². The van der Waals surface area contributed by atoms with Gasteiger partial charge in [0.05, 0.1) is 0 Å². The highest BCUT2D eigenvalue weighted by Gasteiger charge is 2.22. The summed E-state index contributed by atoms with van der Waals surface area (Å²) >= 11 is 1.68. The molecule has 0 aliphatic rings. The summed E-state index contributed by atoms with van der Waals surface area (Å²) in [5.41, 5.74) is 2.96. The van der Waals surface area contributed by atoms with E-state index in [0.29, 0.717) is 18.1 Å². The first-order chi connectivity index (χ1) is 13.7. The third kappa shape index (κ3) is 5.60. The summed E-state index contributed by atoms with van der Waals surface area (Å²) < 4.78 is 10.7. The van der Waals surface area contributed by atoms with Crippen molar-refractivity contribution in [2.75, 3.05) is 12.0 Å². The third-order valence-electron chi connectivity index (χ3n) is 4.17. The van der Waals surface area contributed by atoms with E-state index in [0.717, 1.165) is 22.4 Å². The number of carbonyl (C=O) groups is 1. The second kappa shape index (κ2) is 9.94. The normalized spacial score (nSPS) is 11.8. The van der Waals surface area contributed by atoms with Crippen molar-refractivity contribution in [2.45, 2.75) is 26.0 Å². The predicted molar refractivity (Wildman–Crippen MR) is 110 cm³/mol. The van der Waals surface area contributed by atoms with E-state index in [1.54, 1.807) is 11.8 Å². The van der Waals surface area contributed by atoms with Gasteiger partial charge in [-0.05, 0) is 30.9 Å². The summed E-state index contributed by atoms with van der Waals surface area (Å²) in [6, 6.07) is 17.0. The smallest absolute Gasteiger partial charge is 0.408 e. The molecular formula is C21H23N3O3S. The fourth-order valence-corrected chi connectivity index (χ4v) is 3.07. The Kier molecular flexibility index (Phi) is 7.08. The number of hydrogen-bond acceptors (Lipinski definition) is 6. The number of aryl methyl sites for hydroxylation is 1. The van der Waals surface area contributed by atoms with Crippen LogP contribution >= 0.6 is 11.8 Å². The van der Waals surface area contributed by atoms with E-state index in [-0.39, 0.29) is 6.61 Å². The maximum Gasteiger partial charge on any atom is 0.408 e. The molecule has 1 aromatic heterocycles. The van der Waals surface area contributed by atoms with Crippen LogP contribution in [0.25, 0.3) is 11.4 Å². The number of rotatable bonds is 8. The van der Waals surface area contributed by atoms with Gasteiger partial charge >= 0.3 is 6.09 Å². The second-order valence-corrected chi connectivity index (χ2v) is 7.35. The molecule has 0 spiro atoms. The number of ether oxygens (including phenoxy) is 1. The Morgan fingerprint density at radius 3 is 2.64 bits per heavy atom. The van der Waals surface area contributed by atoms with Crippen LogP contribution in [0.2, 0.25) is 0 Å². The molecule has 0 aliphatic heterocycles. The molecule has 1 N–H and O–H groups in total. The Labute approximate surface area is 168 Å². The van der Waals surface area contributed by atoms with E-state index in [9.17, 15) is 4.79 Å². The number of carbonyl (C=O) groups excluding carboxylic acids is 1. The Bertz CT molecular complexity index is 881. The summed E-state index contributed by atoms with van der Waals surface area (Å²) in [6.07, 6.45) is 2.16. The zero-order chi connectivity index (χ0) is 19.8. The number of nitrogens with one attached hydrogen (secondary N) is 1. The van der Waals surface area contributed by atoms with E-state index in [2.05, 4.69) is 15.5 Å². The molecule has 0 unspecified atom stereocenters. The molecule has 7 heteroatoms. The monoisotopic (exact) mass is 397 g/mol. The molecule has 0 saturated carbocycles. The van der Waals surface area contributed by atoms with Crippen LogP contribution in [0.15, 0.2) is 59.1 Å². The summed E-state index contributed by atoms with van der Waals surface area (Å²) in [7, 11) is 0. The number of aromatic nitrogens is 2. The molecule has 28 heavy (non-hydrogen) atoms. The quantitative estimate of drug-likeness (QED) is 0.590. The van der Waals surface area contributed by atoms with Crippen molar-refractivity contribution >= 4 is 17.9 Å². The van der Waals surface area contributed by atoms with Crippen LogP contribution < -0.4 is 5.32 Å². The Morgan fingerprint density at radius 2 is 1.93 bits per heavy atom. The van der Waals surface area contributed by atoms with Crippen molar-refractivity contribution in [1.82, 2.24) is 15.5 Å². The first-order valence-corrected chi connectivity index (χ1v) is 10.4. The average Bonchev–Trinajstić information content (AvgIpc) is 3.21. The molecule has 6 nitrogen and oxygen atoms in total. The van der Waals surface area contributed by atoms with Crippen LogP contribution in [0.1, 0.15) is 29.5 Å². The number of amides is 1. The molecule has 1 atom stereocenters. The lowest BCUT2D eigenvalue weighted by Gasteiger charge is -2.14. The van der Waals surface area contributed by atoms with Gasteiger partial charge in [0.1, 0.15) is 12.6 Å². The van der Waals surface area contributed by atoms with Gasteiger partial charge in [0, 0.05) is 5.56 Å². The van der Waals surface area contributed by atoms with Crippen molar-refractivity contribution in [3.8, 4) is 11.4 Å². The lowest BCUT2D eigenvalue weighted by atomic mass is 10.1. The molecule has 0 saturated heterocycles. The molecule has 1 heterocycles. The summed E-state index contributed by atoms with van der Waals surface area (Å²) in [6.45, 7) is 2.23. The number of hydrogen-bond donors (Lipinski definition) is 1. The average molecular weight is 398 g/mol. The van der Waals surface area contributed by atoms with Crippen molar-refractivity contribution in [3.05, 3.63) is 71.6 Å². The fraction of sp³-hybridized carbons (Fsp3) is 0.286. The van der Waals surface area contributed by atoms with Gasteiger partial charge in [-0.25, -0.2) is 4.79 Å². The van der Waals surface area contributed by atoms with Crippen molar-refractivity contribution in [3.63, 3.8) is 0 Å². The van der Waals surface area contributed by atoms with Crippen molar-refractivity contribution < 1.29 is 14.1 Å². The highest BCUT2D eigenvalue weighted by molar-refractivity contribution is 7.98. The predicted octanol–water partition coefficient (Wildman–Crippen LogP) is 4.77. The van der Waals surface area contributed by atoms with Crippen LogP contribution in [0.3, 0.4) is 0 Å². The molecule has 2 aromatic carbocycles. The second-order valence-electron chi connectivity index (χ2n) is 6.36. The Hall–Kier alpha value is -2.80. The molecule has 0 bridgehead atoms. The lowest BCUT2D eigenvalue weighted by Crippen LogP contribution is -2.29. The molecule has 0 aliphatic carbocycles. The largest absolute Gasteiger partial charge is 0.445 e. The van der Waals surface area contributed by atoms with E-state index >= 15 is 0 Å². The third-order valence-corrected chi connectivity index (χ3v) is 4.81. The van der Waals surface area contributed by atoms with Crippen LogP contribution in [-0.4, -0.2) is 28.2 Å². The van der Waals surface area contributed by atoms with Gasteiger partial charge in [0.2, 0.25) is 11.7 Å². The van der Waals surface area contributed by atoms with Crippen LogP contribution in [-0.2, 0) is 11.3 Å². The van der Waals surface area contributed by atoms with Crippen molar-refractivity contribution in [1.29, 1.82) is 0 Å². The molecule has 0 radical (unpaired) electrons. The van der Waals surface area contributed by atoms with Gasteiger partial charge in [-0.1, -0.05) is 65.3 Å². The highest BCUT2D eigenvalue weighted by Crippen LogP contribution is 2.22. The van der Waals surface area contributed by atoms with Gasteiger partial charge < -0.3 is 14.6 Å². The Balaban J connectivity index is 1.66. The number of benzene rings is 2. The van der Waals surface area contributed by atoms with Gasteiger partial charge in [0.25, 0.3) is 0 Å². The maximum absolute atomic E-state index is 12.2. The summed E-state index contributed by atoms with van der Waals surface area (Å²) in [4.78, 5) is 16.7.